The molecule has 0 unspecified atom stereocenters. The summed E-state index contributed by atoms with van der Waals surface area (Å²) < 4.78 is 38.8. The Morgan fingerprint density at radius 1 is 0.395 bits per heavy atom. The highest BCUT2D eigenvalue weighted by Gasteiger charge is 2.22. The average molecular weight is 1130 g/mol. The summed E-state index contributed by atoms with van der Waals surface area (Å²) in [4.78, 5) is 8.82. The maximum Gasteiger partial charge on any atom is 0.199 e. The lowest BCUT2D eigenvalue weighted by molar-refractivity contribution is -0.519. The van der Waals surface area contributed by atoms with Gasteiger partial charge in [-0.2, -0.15) is 0 Å². The molecule has 0 aromatic heterocycles. The molecule has 0 heterocycles. The van der Waals surface area contributed by atoms with Gasteiger partial charge in [0, 0.05) is 110 Å². The van der Waals surface area contributed by atoms with Crippen LogP contribution >= 0.6 is 0 Å². The number of aliphatic hydroxyl groups excluding tert-OH is 4. The Bertz CT molecular complexity index is 2720. The minimum Gasteiger partial charge on any atom is -0.759 e. The summed E-state index contributed by atoms with van der Waals surface area (Å²) >= 11 is 0. The van der Waals surface area contributed by atoms with Gasteiger partial charge < -0.3 is 49.1 Å². The first-order valence-electron chi connectivity index (χ1n) is 28.8. The topological polar surface area (TPSA) is 180 Å². The fraction of sp³-hybridized carbons (Fsp3) is 0.424. The van der Waals surface area contributed by atoms with Crippen LogP contribution in [0.5, 0.6) is 0 Å². The van der Waals surface area contributed by atoms with Gasteiger partial charge in [-0.05, 0) is 223 Å². The molecule has 0 bridgehead atoms. The summed E-state index contributed by atoms with van der Waals surface area (Å²) in [6.45, 7) is 36.4. The van der Waals surface area contributed by atoms with E-state index in [4.69, 9.17) is 17.5 Å². The van der Waals surface area contributed by atoms with E-state index in [2.05, 4.69) is 233 Å². The van der Waals surface area contributed by atoms with Crippen molar-refractivity contribution in [1.29, 1.82) is 0 Å². The highest BCUT2D eigenvalue weighted by molar-refractivity contribution is 7.79. The molecule has 81 heavy (non-hydrogen) atoms. The zero-order valence-electron chi connectivity index (χ0n) is 50.4. The Morgan fingerprint density at radius 3 is 0.765 bits per heavy atom. The molecule has 440 valence electrons. The number of nitrogens with zero attached hydrogens (tertiary/aromatic N) is 6. The molecule has 0 radical (unpaired) electrons. The number of aryl methyl sites for hydroxylation is 4. The van der Waals surface area contributed by atoms with Gasteiger partial charge in [-0.25, -0.2) is 9.15 Å². The molecule has 0 atom stereocenters. The number of rotatable bonds is 24. The quantitative estimate of drug-likeness (QED) is 0.0297. The van der Waals surface area contributed by atoms with E-state index in [1.165, 1.54) is 78.2 Å². The zero-order valence-corrected chi connectivity index (χ0v) is 51.2. The van der Waals surface area contributed by atoms with Crippen molar-refractivity contribution >= 4 is 55.7 Å². The van der Waals surface area contributed by atoms with E-state index >= 15 is 0 Å². The van der Waals surface area contributed by atoms with Gasteiger partial charge in [-0.15, -0.1) is 0 Å². The van der Waals surface area contributed by atoms with E-state index in [9.17, 15) is 20.4 Å². The maximum atomic E-state index is 9.51. The number of hydrogen-bond donors (Lipinski definition) is 4. The Labute approximate surface area is 485 Å². The summed E-state index contributed by atoms with van der Waals surface area (Å²) in [6.07, 6.45) is 17.9. The second-order valence-corrected chi connectivity index (χ2v) is 20.6. The minimum atomic E-state index is -5.17. The van der Waals surface area contributed by atoms with Crippen molar-refractivity contribution in [1.82, 2.24) is 0 Å². The van der Waals surface area contributed by atoms with Gasteiger partial charge in [0.2, 0.25) is 0 Å². The third-order valence-corrected chi connectivity index (χ3v) is 15.0. The Kier molecular flexibility index (Phi) is 27.7. The minimum absolute atomic E-state index is 0.140. The van der Waals surface area contributed by atoms with Crippen LogP contribution in [0.25, 0.3) is 11.1 Å². The van der Waals surface area contributed by atoms with E-state index < -0.39 is 10.4 Å². The summed E-state index contributed by atoms with van der Waals surface area (Å²) in [5.41, 5.74) is 21.5. The second-order valence-electron chi connectivity index (χ2n) is 19.8. The molecule has 4 N–H and O–H groups in total. The molecule has 6 rings (SSSR count). The summed E-state index contributed by atoms with van der Waals surface area (Å²) in [5, 5.41) is 38.1. The van der Waals surface area contributed by atoms with Crippen LogP contribution in [-0.2, 0) is 10.4 Å². The molecule has 4 aromatic rings. The SMILES string of the molecule is CCN(CCO)c1ccc(C(=C2C=CC(=[N+](CC)CC)C=C2)c2ccc(N(CC)CCO)cc2C)c(C)c1.CCN(CCO)c1ccc(C(=C2C=CC(=[N+](CC)CC)C=C2)c2ccc(N(CC)CCO)cc2C)c(C)c1.O=S(=O)([O-])[O-]. The van der Waals surface area contributed by atoms with Gasteiger partial charge in [0.1, 0.15) is 26.2 Å². The molecular formula is C66H92N6O8S. The van der Waals surface area contributed by atoms with Crippen LogP contribution in [-0.4, -0.2) is 163 Å². The second kappa shape index (κ2) is 33.5. The molecule has 0 amide bonds. The highest BCUT2D eigenvalue weighted by Crippen LogP contribution is 2.38. The van der Waals surface area contributed by atoms with Gasteiger partial charge in [0.15, 0.2) is 11.4 Å². The number of benzene rings is 4. The van der Waals surface area contributed by atoms with Crippen molar-refractivity contribution in [3.63, 3.8) is 0 Å². The highest BCUT2D eigenvalue weighted by atomic mass is 32.3. The van der Waals surface area contributed by atoms with Crippen molar-refractivity contribution in [2.45, 2.75) is 83.1 Å². The molecule has 0 spiro atoms. The zero-order chi connectivity index (χ0) is 59.8. The third-order valence-electron chi connectivity index (χ3n) is 15.0. The first kappa shape index (κ1) is 67.1. The van der Waals surface area contributed by atoms with Gasteiger partial charge in [0.25, 0.3) is 0 Å². The molecule has 0 saturated carbocycles. The number of likely N-dealkylation sites (N-methyl/N-ethyl adjacent to an activating group) is 4. The predicted octanol–water partition coefficient (Wildman–Crippen LogP) is 9.39. The lowest BCUT2D eigenvalue weighted by atomic mass is 9.86. The number of hydrogen-bond acceptors (Lipinski definition) is 12. The summed E-state index contributed by atoms with van der Waals surface area (Å²) in [5.74, 6) is 0. The molecule has 14 nitrogen and oxygen atoms in total. The van der Waals surface area contributed by atoms with E-state index in [1.807, 2.05) is 0 Å². The van der Waals surface area contributed by atoms with Crippen LogP contribution in [0.2, 0.25) is 0 Å². The number of anilines is 4. The Hall–Kier alpha value is -6.43. The van der Waals surface area contributed by atoms with Crippen LogP contribution < -0.4 is 19.6 Å². The van der Waals surface area contributed by atoms with E-state index in [0.717, 1.165) is 75.1 Å². The molecule has 0 saturated heterocycles. The standard InChI is InChI=1S/2C33H46N3O2.H2O4S/c2*1-7-34(8-2)28-13-11-27(12-14-28)33(31-17-15-29(23-25(31)5)35(9-3)19-21-37)32-18-16-30(24-26(32)6)36(10-4)20-22-38;1-5(2,3)4/h2*11-18,23-24,37-38H,7-10,19-22H2,1-6H3;(H2,1,2,3,4)/q2*+1;/p-2. The molecular weight excluding hydrogens is 1040 g/mol. The van der Waals surface area contributed by atoms with Crippen LogP contribution in [0.3, 0.4) is 0 Å². The third kappa shape index (κ3) is 18.8. The molecule has 4 aromatic carbocycles. The van der Waals surface area contributed by atoms with Crippen LogP contribution in [0, 0.1) is 27.7 Å². The number of aliphatic hydroxyl groups is 4. The molecule has 15 heteroatoms. The van der Waals surface area contributed by atoms with Crippen molar-refractivity contribution < 1.29 is 47.1 Å². The summed E-state index contributed by atoms with van der Waals surface area (Å²) in [7, 11) is -5.17. The van der Waals surface area contributed by atoms with Gasteiger partial charge in [-0.1, -0.05) is 24.3 Å². The largest absolute Gasteiger partial charge is 0.759 e. The summed E-state index contributed by atoms with van der Waals surface area (Å²) in [6, 6.07) is 26.6. The van der Waals surface area contributed by atoms with Gasteiger partial charge >= 0.3 is 0 Å². The van der Waals surface area contributed by atoms with Crippen LogP contribution in [0.1, 0.15) is 99.9 Å². The molecule has 0 aliphatic heterocycles. The van der Waals surface area contributed by atoms with Gasteiger partial charge in [-0.3, -0.25) is 8.42 Å². The number of allylic oxidation sites excluding steroid dienone is 10. The fourth-order valence-electron chi connectivity index (χ4n) is 10.6. The van der Waals surface area contributed by atoms with E-state index in [0.29, 0.717) is 26.2 Å². The van der Waals surface area contributed by atoms with Crippen molar-refractivity contribution in [3.05, 3.63) is 177 Å². The van der Waals surface area contributed by atoms with Crippen molar-refractivity contribution in [3.8, 4) is 0 Å². The first-order chi connectivity index (χ1) is 38.8. The van der Waals surface area contributed by atoms with Gasteiger partial charge in [0.05, 0.1) is 26.4 Å². The normalized spacial score (nSPS) is 12.7. The van der Waals surface area contributed by atoms with E-state index in [-0.39, 0.29) is 26.4 Å². The Morgan fingerprint density at radius 2 is 0.605 bits per heavy atom. The molecule has 0 fully saturated rings. The average Bonchev–Trinajstić information content (AvgIpc) is 3.45. The molecule has 2 aliphatic carbocycles. The van der Waals surface area contributed by atoms with E-state index in [1.54, 1.807) is 0 Å². The Balaban J connectivity index is 0.000000321. The lowest BCUT2D eigenvalue weighted by Gasteiger charge is -2.25. The smallest absolute Gasteiger partial charge is 0.199 e. The van der Waals surface area contributed by atoms with Crippen LogP contribution in [0.4, 0.5) is 22.7 Å². The monoisotopic (exact) mass is 1130 g/mol. The fourth-order valence-corrected chi connectivity index (χ4v) is 10.6. The van der Waals surface area contributed by atoms with Crippen LogP contribution in [0.15, 0.2) is 133 Å². The predicted molar refractivity (Wildman–Crippen MR) is 336 cm³/mol. The maximum absolute atomic E-state index is 9.51. The first-order valence-corrected chi connectivity index (χ1v) is 30.2. The lowest BCUT2D eigenvalue weighted by Crippen LogP contribution is -2.26. The van der Waals surface area contributed by atoms with Crippen molar-refractivity contribution in [2.75, 3.05) is 125 Å². The van der Waals surface area contributed by atoms with Crippen molar-refractivity contribution in [2.24, 2.45) is 0 Å². The molecule has 2 aliphatic rings.